The first-order valence-electron chi connectivity index (χ1n) is 8.03. The molecular weight excluding hydrogens is 316 g/mol. The lowest BCUT2D eigenvalue weighted by Gasteiger charge is -2.11. The van der Waals surface area contributed by atoms with Gasteiger partial charge in [-0.05, 0) is 34.5 Å². The van der Waals surface area contributed by atoms with E-state index in [9.17, 15) is 5.11 Å². The minimum atomic E-state index is -0.866. The van der Waals surface area contributed by atoms with Gasteiger partial charge < -0.3 is 19.0 Å². The molecule has 0 aliphatic carbocycles. The molecule has 4 nitrogen and oxygen atoms in total. The van der Waals surface area contributed by atoms with Crippen molar-refractivity contribution in [2.75, 3.05) is 14.2 Å². The molecule has 1 aromatic heterocycles. The van der Waals surface area contributed by atoms with Crippen LogP contribution in [0.1, 0.15) is 17.4 Å². The summed E-state index contributed by atoms with van der Waals surface area (Å²) in [5.41, 5.74) is 1.37. The summed E-state index contributed by atoms with van der Waals surface area (Å²) in [4.78, 5) is 0. The van der Waals surface area contributed by atoms with Gasteiger partial charge in [-0.2, -0.15) is 0 Å². The molecule has 0 spiro atoms. The van der Waals surface area contributed by atoms with E-state index < -0.39 is 6.10 Å². The highest BCUT2D eigenvalue weighted by atomic mass is 16.5. The number of hydrogen-bond donors (Lipinski definition) is 1. The normalized spacial score (nSPS) is 12.4. The zero-order valence-electron chi connectivity index (χ0n) is 14.0. The van der Waals surface area contributed by atoms with Gasteiger partial charge in [0.1, 0.15) is 11.9 Å². The second-order valence-corrected chi connectivity index (χ2v) is 5.84. The maximum atomic E-state index is 10.9. The van der Waals surface area contributed by atoms with Gasteiger partial charge in [0.2, 0.25) is 5.75 Å². The number of aliphatic hydroxyl groups excluding tert-OH is 1. The van der Waals surface area contributed by atoms with Gasteiger partial charge in [-0.25, -0.2) is 0 Å². The first-order chi connectivity index (χ1) is 12.2. The molecule has 0 aliphatic rings. The lowest BCUT2D eigenvalue weighted by molar-refractivity contribution is 0.193. The van der Waals surface area contributed by atoms with Crippen molar-refractivity contribution >= 4 is 21.7 Å². The third kappa shape index (κ3) is 2.51. The number of ether oxygens (including phenoxy) is 2. The molecule has 0 aliphatic heterocycles. The third-order valence-corrected chi connectivity index (χ3v) is 4.44. The average Bonchev–Trinajstić information content (AvgIpc) is 3.10. The molecule has 25 heavy (non-hydrogen) atoms. The monoisotopic (exact) mass is 334 g/mol. The highest BCUT2D eigenvalue weighted by molar-refractivity contribution is 5.88. The Labute approximate surface area is 145 Å². The third-order valence-electron chi connectivity index (χ3n) is 4.44. The topological polar surface area (TPSA) is 51.8 Å². The largest absolute Gasteiger partial charge is 0.493 e. The van der Waals surface area contributed by atoms with E-state index in [2.05, 4.69) is 0 Å². The highest BCUT2D eigenvalue weighted by Gasteiger charge is 2.20. The fourth-order valence-electron chi connectivity index (χ4n) is 3.21. The van der Waals surface area contributed by atoms with Gasteiger partial charge in [-0.3, -0.25) is 0 Å². The van der Waals surface area contributed by atoms with Crippen molar-refractivity contribution in [3.8, 4) is 11.5 Å². The van der Waals surface area contributed by atoms with E-state index in [1.54, 1.807) is 14.2 Å². The Bertz CT molecular complexity index is 1040. The molecule has 0 fully saturated rings. The first-order valence-corrected chi connectivity index (χ1v) is 8.03. The number of fused-ring (bicyclic) bond motifs is 2. The van der Waals surface area contributed by atoms with Crippen molar-refractivity contribution in [1.29, 1.82) is 0 Å². The molecular formula is C21H18O4. The Morgan fingerprint density at radius 2 is 1.68 bits per heavy atom. The van der Waals surface area contributed by atoms with Crippen molar-refractivity contribution in [1.82, 2.24) is 0 Å². The van der Waals surface area contributed by atoms with Crippen LogP contribution in [-0.2, 0) is 0 Å². The summed E-state index contributed by atoms with van der Waals surface area (Å²) in [6.45, 7) is 0. The van der Waals surface area contributed by atoms with E-state index >= 15 is 0 Å². The van der Waals surface area contributed by atoms with Crippen LogP contribution >= 0.6 is 0 Å². The van der Waals surface area contributed by atoms with Gasteiger partial charge in [0.15, 0.2) is 11.3 Å². The van der Waals surface area contributed by atoms with Crippen LogP contribution in [0, 0.1) is 0 Å². The quantitative estimate of drug-likeness (QED) is 0.588. The maximum absolute atomic E-state index is 10.9. The highest BCUT2D eigenvalue weighted by Crippen LogP contribution is 2.39. The summed E-state index contributed by atoms with van der Waals surface area (Å²) in [6, 6.07) is 19.4. The lowest BCUT2D eigenvalue weighted by atomic mass is 9.99. The molecule has 0 amide bonds. The molecule has 4 aromatic rings. The van der Waals surface area contributed by atoms with E-state index in [4.69, 9.17) is 13.9 Å². The summed E-state index contributed by atoms with van der Waals surface area (Å²) in [5, 5.41) is 13.8. The fourth-order valence-corrected chi connectivity index (χ4v) is 3.21. The van der Waals surface area contributed by atoms with E-state index in [1.165, 1.54) is 0 Å². The number of furan rings is 1. The maximum Gasteiger partial charge on any atom is 0.204 e. The number of benzene rings is 3. The van der Waals surface area contributed by atoms with Crippen molar-refractivity contribution in [2.24, 2.45) is 0 Å². The Morgan fingerprint density at radius 1 is 0.880 bits per heavy atom. The molecule has 1 atom stereocenters. The van der Waals surface area contributed by atoms with E-state index in [0.29, 0.717) is 22.8 Å². The van der Waals surface area contributed by atoms with Crippen LogP contribution in [-0.4, -0.2) is 19.3 Å². The minimum Gasteiger partial charge on any atom is -0.493 e. The summed E-state index contributed by atoms with van der Waals surface area (Å²) in [5.74, 6) is 1.59. The molecule has 1 N–H and O–H groups in total. The van der Waals surface area contributed by atoms with Crippen LogP contribution in [0.25, 0.3) is 21.7 Å². The smallest absolute Gasteiger partial charge is 0.204 e. The van der Waals surface area contributed by atoms with Crippen LogP contribution in [0.5, 0.6) is 11.5 Å². The molecule has 0 radical (unpaired) electrons. The zero-order chi connectivity index (χ0) is 17.4. The van der Waals surface area contributed by atoms with Crippen LogP contribution in [0.2, 0.25) is 0 Å². The summed E-state index contributed by atoms with van der Waals surface area (Å²) in [7, 11) is 3.15. The Morgan fingerprint density at radius 3 is 2.48 bits per heavy atom. The Balaban J connectivity index is 1.86. The Hall–Kier alpha value is -2.98. The van der Waals surface area contributed by atoms with Gasteiger partial charge in [-0.15, -0.1) is 0 Å². The van der Waals surface area contributed by atoms with Crippen LogP contribution in [0.4, 0.5) is 0 Å². The average molecular weight is 334 g/mol. The molecule has 1 unspecified atom stereocenters. The molecule has 0 saturated carbocycles. The van der Waals surface area contributed by atoms with Gasteiger partial charge in [0, 0.05) is 5.39 Å². The van der Waals surface area contributed by atoms with E-state index in [1.807, 2.05) is 60.7 Å². The van der Waals surface area contributed by atoms with Crippen molar-refractivity contribution < 1.29 is 19.0 Å². The molecule has 1 heterocycles. The fraction of sp³-hybridized carbons (Fsp3) is 0.143. The lowest BCUT2D eigenvalue weighted by Crippen LogP contribution is -1.98. The number of methoxy groups -OCH3 is 2. The number of rotatable bonds is 4. The first kappa shape index (κ1) is 15.5. The molecule has 4 heteroatoms. The van der Waals surface area contributed by atoms with Gasteiger partial charge in [0.25, 0.3) is 0 Å². The van der Waals surface area contributed by atoms with Gasteiger partial charge in [0.05, 0.1) is 14.2 Å². The second-order valence-electron chi connectivity index (χ2n) is 5.84. The van der Waals surface area contributed by atoms with Crippen molar-refractivity contribution in [3.63, 3.8) is 0 Å². The second kappa shape index (κ2) is 6.15. The Kier molecular flexibility index (Phi) is 3.82. The van der Waals surface area contributed by atoms with Crippen LogP contribution in [0.3, 0.4) is 0 Å². The van der Waals surface area contributed by atoms with Gasteiger partial charge >= 0.3 is 0 Å². The van der Waals surface area contributed by atoms with E-state index in [0.717, 1.165) is 21.7 Å². The summed E-state index contributed by atoms with van der Waals surface area (Å²) in [6.07, 6.45) is -0.866. The predicted molar refractivity (Wildman–Crippen MR) is 97.3 cm³/mol. The minimum absolute atomic E-state index is 0.470. The van der Waals surface area contributed by atoms with Crippen LogP contribution in [0.15, 0.2) is 65.1 Å². The van der Waals surface area contributed by atoms with Crippen LogP contribution < -0.4 is 9.47 Å². The number of hydrogen-bond acceptors (Lipinski definition) is 4. The summed E-state index contributed by atoms with van der Waals surface area (Å²) >= 11 is 0. The van der Waals surface area contributed by atoms with E-state index in [-0.39, 0.29) is 0 Å². The molecule has 4 rings (SSSR count). The summed E-state index contributed by atoms with van der Waals surface area (Å²) < 4.78 is 16.7. The molecule has 3 aromatic carbocycles. The number of aliphatic hydroxyl groups is 1. The SMILES string of the molecule is COc1ccc2cc(C(O)c3cccc4ccccc34)oc2c1OC. The van der Waals surface area contributed by atoms with Crippen molar-refractivity contribution in [3.05, 3.63) is 72.0 Å². The molecule has 126 valence electrons. The molecule has 0 bridgehead atoms. The van der Waals surface area contributed by atoms with Crippen molar-refractivity contribution in [2.45, 2.75) is 6.10 Å². The standard InChI is InChI=1S/C21H18O4/c1-23-17-11-10-14-12-18(25-20(14)21(17)24-2)19(22)16-9-5-7-13-6-3-4-8-15(13)16/h3-12,19,22H,1-2H3. The predicted octanol–water partition coefficient (Wildman–Crippen LogP) is 4.68. The molecule has 0 saturated heterocycles. The van der Waals surface area contributed by atoms with Gasteiger partial charge in [-0.1, -0.05) is 42.5 Å². The zero-order valence-corrected chi connectivity index (χ0v) is 14.0.